The van der Waals surface area contributed by atoms with Gasteiger partial charge in [-0.1, -0.05) is 18.2 Å². The van der Waals surface area contributed by atoms with Crippen LogP contribution in [0.3, 0.4) is 0 Å². The Balaban J connectivity index is 1.75. The van der Waals surface area contributed by atoms with E-state index in [1.165, 1.54) is 0 Å². The fraction of sp³-hybridized carbons (Fsp3) is 0.353. The average Bonchev–Trinajstić information content (AvgIpc) is 3.03. The zero-order valence-electron chi connectivity index (χ0n) is 12.8. The van der Waals surface area contributed by atoms with Gasteiger partial charge in [0.25, 0.3) is 0 Å². The number of carboxylic acids is 1. The second-order valence-electron chi connectivity index (χ2n) is 5.55. The summed E-state index contributed by atoms with van der Waals surface area (Å²) in [5, 5.41) is 8.79. The van der Waals surface area contributed by atoms with E-state index in [4.69, 9.17) is 9.84 Å². The first kappa shape index (κ1) is 15.4. The molecule has 0 bridgehead atoms. The molecule has 0 unspecified atom stereocenters. The van der Waals surface area contributed by atoms with Gasteiger partial charge in [-0.25, -0.2) is 14.8 Å². The smallest absolute Gasteiger partial charge is 0.341 e. The van der Waals surface area contributed by atoms with Gasteiger partial charge in [-0.3, -0.25) is 4.90 Å². The van der Waals surface area contributed by atoms with Crippen LogP contribution in [0.25, 0.3) is 0 Å². The third-order valence-electron chi connectivity index (χ3n) is 4.01. The number of nitrogens with zero attached hydrogens (tertiary/aromatic N) is 3. The number of carboxylic acid groups (broad SMARTS) is 1. The van der Waals surface area contributed by atoms with Gasteiger partial charge in [-0.2, -0.15) is 0 Å². The molecule has 6 heteroatoms. The Morgan fingerprint density at radius 3 is 3.00 bits per heavy atom. The van der Waals surface area contributed by atoms with Gasteiger partial charge in [0.2, 0.25) is 0 Å². The van der Waals surface area contributed by atoms with Gasteiger partial charge in [0.1, 0.15) is 12.1 Å². The molecule has 1 saturated heterocycles. The molecular formula is C17H19N3O3. The van der Waals surface area contributed by atoms with Gasteiger partial charge in [0, 0.05) is 18.3 Å². The molecule has 1 aromatic carbocycles. The van der Waals surface area contributed by atoms with Crippen LogP contribution in [0.15, 0.2) is 42.9 Å². The van der Waals surface area contributed by atoms with Crippen LogP contribution in [0.4, 0.5) is 0 Å². The van der Waals surface area contributed by atoms with Crippen molar-refractivity contribution < 1.29 is 14.6 Å². The lowest BCUT2D eigenvalue weighted by Gasteiger charge is -2.24. The minimum Gasteiger partial charge on any atom is -0.482 e. The summed E-state index contributed by atoms with van der Waals surface area (Å²) in [6, 6.07) is 9.81. The number of likely N-dealkylation sites (tertiary alicyclic amines) is 1. The molecular weight excluding hydrogens is 294 g/mol. The molecule has 3 rings (SSSR count). The molecule has 0 amide bonds. The number of carbonyl (C=O) groups is 1. The maximum atomic E-state index is 10.7. The van der Waals surface area contributed by atoms with Gasteiger partial charge in [-0.05, 0) is 31.5 Å². The Hall–Kier alpha value is -2.47. The topological polar surface area (TPSA) is 75.6 Å². The van der Waals surface area contributed by atoms with Crippen LogP contribution in [-0.4, -0.2) is 39.1 Å². The molecule has 2 aromatic rings. The van der Waals surface area contributed by atoms with E-state index < -0.39 is 5.97 Å². The van der Waals surface area contributed by atoms with Crippen molar-refractivity contribution in [3.8, 4) is 5.75 Å². The Morgan fingerprint density at radius 1 is 1.35 bits per heavy atom. The SMILES string of the molecule is O=C(O)COc1ccccc1CN1CCC[C@@H]1c1ccncn1. The third kappa shape index (κ3) is 3.84. The highest BCUT2D eigenvalue weighted by atomic mass is 16.5. The first-order valence-electron chi connectivity index (χ1n) is 7.66. The standard InChI is InChI=1S/C17H19N3O3/c21-17(22)11-23-16-6-2-1-4-13(16)10-20-9-3-5-15(20)14-7-8-18-12-19-14/h1-2,4,6-8,12,15H,3,5,9-11H2,(H,21,22)/t15-/m1/s1. The predicted octanol–water partition coefficient (Wildman–Crippen LogP) is 2.28. The van der Waals surface area contributed by atoms with Crippen molar-refractivity contribution in [1.29, 1.82) is 0 Å². The van der Waals surface area contributed by atoms with Crippen molar-refractivity contribution in [2.45, 2.75) is 25.4 Å². The fourth-order valence-electron chi connectivity index (χ4n) is 2.98. The van der Waals surface area contributed by atoms with Crippen LogP contribution in [0.2, 0.25) is 0 Å². The number of para-hydroxylation sites is 1. The summed E-state index contributed by atoms with van der Waals surface area (Å²) in [5.74, 6) is -0.344. The third-order valence-corrected chi connectivity index (χ3v) is 4.01. The van der Waals surface area contributed by atoms with Crippen molar-refractivity contribution in [2.75, 3.05) is 13.2 Å². The van der Waals surface area contributed by atoms with E-state index in [1.54, 1.807) is 12.5 Å². The summed E-state index contributed by atoms with van der Waals surface area (Å²) in [4.78, 5) is 21.4. The van der Waals surface area contributed by atoms with Gasteiger partial charge in [0.05, 0.1) is 11.7 Å². The molecule has 1 N–H and O–H groups in total. The van der Waals surface area contributed by atoms with Crippen LogP contribution in [0, 0.1) is 0 Å². The first-order chi connectivity index (χ1) is 11.2. The molecule has 0 saturated carbocycles. The summed E-state index contributed by atoms with van der Waals surface area (Å²) in [6.07, 6.45) is 5.53. The summed E-state index contributed by atoms with van der Waals surface area (Å²) in [5.41, 5.74) is 2.02. The highest BCUT2D eigenvalue weighted by molar-refractivity contribution is 5.68. The monoisotopic (exact) mass is 313 g/mol. The van der Waals surface area contributed by atoms with Crippen LogP contribution in [0.5, 0.6) is 5.75 Å². The number of rotatable bonds is 6. The summed E-state index contributed by atoms with van der Waals surface area (Å²) in [6.45, 7) is 1.37. The highest BCUT2D eigenvalue weighted by Gasteiger charge is 2.27. The number of hydrogen-bond acceptors (Lipinski definition) is 5. The maximum Gasteiger partial charge on any atom is 0.341 e. The summed E-state index contributed by atoms with van der Waals surface area (Å²) < 4.78 is 5.40. The molecule has 2 heterocycles. The summed E-state index contributed by atoms with van der Waals surface area (Å²) in [7, 11) is 0. The molecule has 1 atom stereocenters. The quantitative estimate of drug-likeness (QED) is 0.882. The summed E-state index contributed by atoms with van der Waals surface area (Å²) >= 11 is 0. The molecule has 1 fully saturated rings. The average molecular weight is 313 g/mol. The lowest BCUT2D eigenvalue weighted by molar-refractivity contribution is -0.139. The second kappa shape index (κ2) is 7.19. The van der Waals surface area contributed by atoms with Crippen molar-refractivity contribution in [3.05, 3.63) is 54.1 Å². The Kier molecular flexibility index (Phi) is 4.83. The molecule has 120 valence electrons. The zero-order chi connectivity index (χ0) is 16.1. The van der Waals surface area contributed by atoms with E-state index in [1.807, 2.05) is 30.3 Å². The zero-order valence-corrected chi connectivity index (χ0v) is 12.8. The van der Waals surface area contributed by atoms with Gasteiger partial charge in [-0.15, -0.1) is 0 Å². The van der Waals surface area contributed by atoms with Crippen LogP contribution in [-0.2, 0) is 11.3 Å². The molecule has 1 aliphatic rings. The first-order valence-corrected chi connectivity index (χ1v) is 7.66. The number of aromatic nitrogens is 2. The molecule has 0 aliphatic carbocycles. The van der Waals surface area contributed by atoms with Crippen LogP contribution < -0.4 is 4.74 Å². The van der Waals surface area contributed by atoms with E-state index in [2.05, 4.69) is 14.9 Å². The van der Waals surface area contributed by atoms with Crippen molar-refractivity contribution in [3.63, 3.8) is 0 Å². The highest BCUT2D eigenvalue weighted by Crippen LogP contribution is 2.33. The van der Waals surface area contributed by atoms with Crippen molar-refractivity contribution >= 4 is 5.97 Å². The Labute approximate surface area is 134 Å². The maximum absolute atomic E-state index is 10.7. The van der Waals surface area contributed by atoms with E-state index in [9.17, 15) is 4.79 Å². The van der Waals surface area contributed by atoms with Gasteiger partial charge < -0.3 is 9.84 Å². The predicted molar refractivity (Wildman–Crippen MR) is 84.0 cm³/mol. The molecule has 0 radical (unpaired) electrons. The van der Waals surface area contributed by atoms with E-state index in [0.29, 0.717) is 12.3 Å². The normalized spacial score (nSPS) is 18.0. The number of hydrogen-bond donors (Lipinski definition) is 1. The fourth-order valence-corrected chi connectivity index (χ4v) is 2.98. The molecule has 1 aliphatic heterocycles. The molecule has 1 aromatic heterocycles. The molecule has 0 spiro atoms. The number of benzene rings is 1. The molecule has 6 nitrogen and oxygen atoms in total. The van der Waals surface area contributed by atoms with Crippen molar-refractivity contribution in [2.24, 2.45) is 0 Å². The lowest BCUT2D eigenvalue weighted by Crippen LogP contribution is -2.24. The number of ether oxygens (including phenoxy) is 1. The Bertz CT molecular complexity index is 663. The van der Waals surface area contributed by atoms with E-state index in [-0.39, 0.29) is 12.6 Å². The minimum absolute atomic E-state index is 0.269. The number of aliphatic carboxylic acids is 1. The van der Waals surface area contributed by atoms with Gasteiger partial charge >= 0.3 is 5.97 Å². The minimum atomic E-state index is -0.972. The van der Waals surface area contributed by atoms with Crippen molar-refractivity contribution in [1.82, 2.24) is 14.9 Å². The molecule has 23 heavy (non-hydrogen) atoms. The lowest BCUT2D eigenvalue weighted by atomic mass is 10.1. The van der Waals surface area contributed by atoms with Crippen LogP contribution >= 0.6 is 0 Å². The van der Waals surface area contributed by atoms with Crippen LogP contribution in [0.1, 0.15) is 30.1 Å². The largest absolute Gasteiger partial charge is 0.482 e. The van der Waals surface area contributed by atoms with E-state index >= 15 is 0 Å². The van der Waals surface area contributed by atoms with Gasteiger partial charge in [0.15, 0.2) is 6.61 Å². The van der Waals surface area contributed by atoms with E-state index in [0.717, 1.165) is 30.6 Å². The second-order valence-corrected chi connectivity index (χ2v) is 5.55. The Morgan fingerprint density at radius 2 is 2.22 bits per heavy atom.